The van der Waals surface area contributed by atoms with Crippen LogP contribution in [0.4, 0.5) is 5.69 Å². The summed E-state index contributed by atoms with van der Waals surface area (Å²) in [4.78, 5) is 24.5. The fourth-order valence-corrected chi connectivity index (χ4v) is 2.83. The molecule has 0 saturated carbocycles. The van der Waals surface area contributed by atoms with Crippen molar-refractivity contribution >= 4 is 29.9 Å². The molecule has 1 heterocycles. The second-order valence-electron chi connectivity index (χ2n) is 6.09. The van der Waals surface area contributed by atoms with Gasteiger partial charge >= 0.3 is 0 Å². The van der Waals surface area contributed by atoms with E-state index >= 15 is 0 Å². The number of anilines is 1. The minimum Gasteiger partial charge on any atom is -0.381 e. The molecular formula is C17H26ClN3O3. The molecule has 0 radical (unpaired) electrons. The van der Waals surface area contributed by atoms with Gasteiger partial charge in [-0.15, -0.1) is 12.4 Å². The zero-order valence-electron chi connectivity index (χ0n) is 14.2. The van der Waals surface area contributed by atoms with Gasteiger partial charge in [-0.2, -0.15) is 0 Å². The number of benzene rings is 1. The maximum atomic E-state index is 12.4. The van der Waals surface area contributed by atoms with Gasteiger partial charge in [0, 0.05) is 25.4 Å². The van der Waals surface area contributed by atoms with Gasteiger partial charge in [0.05, 0.1) is 12.0 Å². The molecule has 4 N–H and O–H groups in total. The monoisotopic (exact) mass is 355 g/mol. The van der Waals surface area contributed by atoms with Gasteiger partial charge in [-0.25, -0.2) is 0 Å². The zero-order chi connectivity index (χ0) is 16.9. The number of hydrogen-bond acceptors (Lipinski definition) is 4. The maximum Gasteiger partial charge on any atom is 0.243 e. The minimum absolute atomic E-state index is 0. The number of nitrogens with one attached hydrogen (secondary N) is 2. The molecule has 1 aliphatic rings. The van der Waals surface area contributed by atoms with Gasteiger partial charge in [0.25, 0.3) is 0 Å². The predicted octanol–water partition coefficient (Wildman–Crippen LogP) is 1.54. The molecule has 24 heavy (non-hydrogen) atoms. The Labute approximate surface area is 148 Å². The number of nitrogens with two attached hydrogens (primary N) is 1. The van der Waals surface area contributed by atoms with Crippen LogP contribution in [0.2, 0.25) is 0 Å². The Morgan fingerprint density at radius 3 is 2.33 bits per heavy atom. The van der Waals surface area contributed by atoms with Crippen LogP contribution in [0.3, 0.4) is 0 Å². The molecule has 1 saturated heterocycles. The molecule has 1 fully saturated rings. The van der Waals surface area contributed by atoms with Gasteiger partial charge in [0.2, 0.25) is 11.8 Å². The number of rotatable bonds is 5. The van der Waals surface area contributed by atoms with Gasteiger partial charge in [-0.3, -0.25) is 9.59 Å². The Kier molecular flexibility index (Phi) is 7.66. The van der Waals surface area contributed by atoms with Crippen molar-refractivity contribution in [2.24, 2.45) is 11.1 Å². The predicted molar refractivity (Wildman–Crippen MR) is 96.3 cm³/mol. The van der Waals surface area contributed by atoms with Crippen LogP contribution in [0.15, 0.2) is 18.2 Å². The average Bonchev–Trinajstić information content (AvgIpc) is 2.56. The Morgan fingerprint density at radius 1 is 1.21 bits per heavy atom. The highest BCUT2D eigenvalue weighted by Crippen LogP contribution is 2.29. The van der Waals surface area contributed by atoms with E-state index in [0.29, 0.717) is 26.1 Å². The first-order chi connectivity index (χ1) is 11.0. The summed E-state index contributed by atoms with van der Waals surface area (Å²) in [6, 6.07) is 5.82. The molecule has 7 heteroatoms. The summed E-state index contributed by atoms with van der Waals surface area (Å²) < 4.78 is 5.29. The number of ether oxygens (including phenoxy) is 1. The van der Waals surface area contributed by atoms with Gasteiger partial charge in [0.1, 0.15) is 0 Å². The van der Waals surface area contributed by atoms with Crippen molar-refractivity contribution in [3.05, 3.63) is 29.3 Å². The maximum absolute atomic E-state index is 12.4. The lowest BCUT2D eigenvalue weighted by Crippen LogP contribution is -2.50. The summed E-state index contributed by atoms with van der Waals surface area (Å²) in [5.41, 5.74) is 7.96. The number of amides is 2. The number of aryl methyl sites for hydroxylation is 2. The Balaban J connectivity index is 0.00000288. The molecule has 0 spiro atoms. The second-order valence-corrected chi connectivity index (χ2v) is 6.09. The van der Waals surface area contributed by atoms with Crippen LogP contribution in [0.25, 0.3) is 0 Å². The number of hydrogen-bond donors (Lipinski definition) is 3. The van der Waals surface area contributed by atoms with Crippen LogP contribution >= 0.6 is 12.4 Å². The van der Waals surface area contributed by atoms with E-state index in [1.165, 1.54) is 0 Å². The highest BCUT2D eigenvalue weighted by molar-refractivity contribution is 5.96. The normalized spacial score (nSPS) is 16.0. The standard InChI is InChI=1S/C17H25N3O3.ClH/c1-12-4-3-5-13(2)15(12)20-14(21)10-19-16(22)17(11-18)6-8-23-9-7-17;/h3-5H,6-11,18H2,1-2H3,(H,19,22)(H,20,21);1H. The highest BCUT2D eigenvalue weighted by atomic mass is 35.5. The van der Waals surface area contributed by atoms with E-state index < -0.39 is 5.41 Å². The summed E-state index contributed by atoms with van der Waals surface area (Å²) in [7, 11) is 0. The molecule has 1 aromatic rings. The Hall–Kier alpha value is -1.63. The molecule has 0 atom stereocenters. The molecule has 1 aromatic carbocycles. The van der Waals surface area contributed by atoms with Crippen molar-refractivity contribution in [3.63, 3.8) is 0 Å². The first-order valence-electron chi connectivity index (χ1n) is 7.91. The number of halogens is 1. The van der Waals surface area contributed by atoms with Crippen LogP contribution in [0.1, 0.15) is 24.0 Å². The minimum atomic E-state index is -0.614. The lowest BCUT2D eigenvalue weighted by Gasteiger charge is -2.34. The highest BCUT2D eigenvalue weighted by Gasteiger charge is 2.38. The fourth-order valence-electron chi connectivity index (χ4n) is 2.83. The topological polar surface area (TPSA) is 93.5 Å². The molecule has 134 valence electrons. The average molecular weight is 356 g/mol. The molecular weight excluding hydrogens is 330 g/mol. The number of carbonyl (C=O) groups is 2. The molecule has 0 bridgehead atoms. The van der Waals surface area contributed by atoms with Crippen molar-refractivity contribution in [1.29, 1.82) is 0 Å². The quantitative estimate of drug-likeness (QED) is 0.746. The SMILES string of the molecule is Cc1cccc(C)c1NC(=O)CNC(=O)C1(CN)CCOCC1.Cl. The van der Waals surface area contributed by atoms with Crippen LogP contribution in [0.5, 0.6) is 0 Å². The summed E-state index contributed by atoms with van der Waals surface area (Å²) in [5, 5.41) is 5.57. The summed E-state index contributed by atoms with van der Waals surface area (Å²) in [6.45, 7) is 5.13. The van der Waals surface area contributed by atoms with Crippen molar-refractivity contribution < 1.29 is 14.3 Å². The van der Waals surface area contributed by atoms with Crippen LogP contribution in [0, 0.1) is 19.3 Å². The number of carbonyl (C=O) groups excluding carboxylic acids is 2. The van der Waals surface area contributed by atoms with E-state index in [0.717, 1.165) is 16.8 Å². The molecule has 0 aromatic heterocycles. The van der Waals surface area contributed by atoms with Crippen LogP contribution < -0.4 is 16.4 Å². The molecule has 0 aliphatic carbocycles. The third-order valence-corrected chi connectivity index (χ3v) is 4.48. The van der Waals surface area contributed by atoms with E-state index in [4.69, 9.17) is 10.5 Å². The molecule has 6 nitrogen and oxygen atoms in total. The number of para-hydroxylation sites is 1. The van der Waals surface area contributed by atoms with Crippen LogP contribution in [-0.2, 0) is 14.3 Å². The van der Waals surface area contributed by atoms with Crippen LogP contribution in [-0.4, -0.2) is 38.1 Å². The molecule has 0 unspecified atom stereocenters. The Morgan fingerprint density at radius 2 is 1.79 bits per heavy atom. The van der Waals surface area contributed by atoms with E-state index in [-0.39, 0.29) is 37.3 Å². The van der Waals surface area contributed by atoms with Gasteiger partial charge in [0.15, 0.2) is 0 Å². The van der Waals surface area contributed by atoms with E-state index in [9.17, 15) is 9.59 Å². The molecule has 2 amide bonds. The first-order valence-corrected chi connectivity index (χ1v) is 7.91. The summed E-state index contributed by atoms with van der Waals surface area (Å²) in [6.07, 6.45) is 1.18. The molecule has 1 aliphatic heterocycles. The third kappa shape index (κ3) is 4.69. The largest absolute Gasteiger partial charge is 0.381 e. The van der Waals surface area contributed by atoms with Gasteiger partial charge in [-0.05, 0) is 37.8 Å². The lowest BCUT2D eigenvalue weighted by atomic mass is 9.79. The smallest absolute Gasteiger partial charge is 0.243 e. The van der Waals surface area contributed by atoms with E-state index in [1.54, 1.807) is 0 Å². The second kappa shape index (κ2) is 9.01. The summed E-state index contributed by atoms with van der Waals surface area (Å²) in [5.74, 6) is -0.407. The first kappa shape index (κ1) is 20.4. The summed E-state index contributed by atoms with van der Waals surface area (Å²) >= 11 is 0. The molecule has 2 rings (SSSR count). The van der Waals surface area contributed by atoms with Gasteiger partial charge in [-0.1, -0.05) is 18.2 Å². The van der Waals surface area contributed by atoms with E-state index in [2.05, 4.69) is 10.6 Å². The van der Waals surface area contributed by atoms with Crippen molar-refractivity contribution in [1.82, 2.24) is 5.32 Å². The van der Waals surface area contributed by atoms with Gasteiger partial charge < -0.3 is 21.1 Å². The van der Waals surface area contributed by atoms with E-state index in [1.807, 2.05) is 32.0 Å². The van der Waals surface area contributed by atoms with Crippen molar-refractivity contribution in [2.45, 2.75) is 26.7 Å². The fraction of sp³-hybridized carbons (Fsp3) is 0.529. The lowest BCUT2D eigenvalue weighted by molar-refractivity contribution is -0.137. The Bertz CT molecular complexity index is 566. The third-order valence-electron chi connectivity index (χ3n) is 4.48. The zero-order valence-corrected chi connectivity index (χ0v) is 15.0. The van der Waals surface area contributed by atoms with Crippen molar-refractivity contribution in [2.75, 3.05) is 31.6 Å². The van der Waals surface area contributed by atoms with Crippen molar-refractivity contribution in [3.8, 4) is 0 Å².